The van der Waals surface area contributed by atoms with E-state index in [1.165, 1.54) is 12.3 Å². The summed E-state index contributed by atoms with van der Waals surface area (Å²) in [5, 5.41) is 14.7. The van der Waals surface area contributed by atoms with Gasteiger partial charge in [0.15, 0.2) is 18.1 Å². The molecular weight excluding hydrogens is 403 g/mol. The van der Waals surface area contributed by atoms with E-state index in [2.05, 4.69) is 10.5 Å². The fourth-order valence-corrected chi connectivity index (χ4v) is 2.48. The standard InChI is InChI=1S/C17H15Cl3N2O4/c1-2-25-14-7-13(19)16(20)12(17(14)24)8-21-22-15(23)9-26-11-5-3-4-10(18)6-11/h3-8,24H,2,9H2,1H3,(H,22,23). The van der Waals surface area contributed by atoms with Gasteiger partial charge in [0.1, 0.15) is 5.75 Å². The lowest BCUT2D eigenvalue weighted by atomic mass is 10.2. The third kappa shape index (κ3) is 5.42. The normalized spacial score (nSPS) is 10.8. The number of hydrogen-bond donors (Lipinski definition) is 2. The molecule has 2 aromatic carbocycles. The summed E-state index contributed by atoms with van der Waals surface area (Å²) in [6.45, 7) is 1.83. The number of aromatic hydroxyl groups is 1. The Kier molecular flexibility index (Phi) is 7.38. The Morgan fingerprint density at radius 1 is 1.27 bits per heavy atom. The van der Waals surface area contributed by atoms with Gasteiger partial charge >= 0.3 is 0 Å². The Labute approximate surface area is 165 Å². The summed E-state index contributed by atoms with van der Waals surface area (Å²) in [5.74, 6) is -0.120. The van der Waals surface area contributed by atoms with Crippen LogP contribution in [0, 0.1) is 0 Å². The van der Waals surface area contributed by atoms with E-state index >= 15 is 0 Å². The molecule has 0 aliphatic carbocycles. The van der Waals surface area contributed by atoms with Crippen LogP contribution in [-0.4, -0.2) is 30.4 Å². The van der Waals surface area contributed by atoms with Crippen molar-refractivity contribution < 1.29 is 19.4 Å². The molecule has 0 aliphatic rings. The number of phenols is 1. The van der Waals surface area contributed by atoms with Crippen molar-refractivity contribution in [1.82, 2.24) is 5.43 Å². The molecule has 0 aliphatic heterocycles. The van der Waals surface area contributed by atoms with Gasteiger partial charge in [-0.25, -0.2) is 5.43 Å². The SMILES string of the molecule is CCOc1cc(Cl)c(Cl)c(C=NNC(=O)COc2cccc(Cl)c2)c1O. The zero-order valence-corrected chi connectivity index (χ0v) is 15.9. The highest BCUT2D eigenvalue weighted by Gasteiger charge is 2.15. The molecule has 0 saturated carbocycles. The Balaban J connectivity index is 2.00. The number of phenolic OH excluding ortho intramolecular Hbond substituents is 1. The van der Waals surface area contributed by atoms with Gasteiger partial charge < -0.3 is 14.6 Å². The predicted molar refractivity (Wildman–Crippen MR) is 102 cm³/mol. The van der Waals surface area contributed by atoms with Crippen molar-refractivity contribution in [1.29, 1.82) is 0 Å². The number of hydrazone groups is 1. The lowest BCUT2D eigenvalue weighted by molar-refractivity contribution is -0.123. The maximum atomic E-state index is 11.8. The summed E-state index contributed by atoms with van der Waals surface area (Å²) in [5.41, 5.74) is 2.38. The second-order valence-corrected chi connectivity index (χ2v) is 6.13. The number of nitrogens with zero attached hydrogens (tertiary/aromatic N) is 1. The van der Waals surface area contributed by atoms with Crippen LogP contribution in [0.5, 0.6) is 17.2 Å². The van der Waals surface area contributed by atoms with Crippen molar-refractivity contribution in [2.75, 3.05) is 13.2 Å². The highest BCUT2D eigenvalue weighted by molar-refractivity contribution is 6.43. The highest BCUT2D eigenvalue weighted by atomic mass is 35.5. The maximum absolute atomic E-state index is 11.8. The molecule has 0 heterocycles. The average Bonchev–Trinajstić information content (AvgIpc) is 2.61. The lowest BCUT2D eigenvalue weighted by Gasteiger charge is -2.10. The van der Waals surface area contributed by atoms with E-state index in [0.717, 1.165) is 0 Å². The zero-order valence-electron chi connectivity index (χ0n) is 13.6. The van der Waals surface area contributed by atoms with E-state index in [1.807, 2.05) is 0 Å². The third-order valence-electron chi connectivity index (χ3n) is 3.04. The molecule has 0 atom stereocenters. The van der Waals surface area contributed by atoms with Crippen LogP contribution in [-0.2, 0) is 4.79 Å². The van der Waals surface area contributed by atoms with Crippen molar-refractivity contribution in [3.63, 3.8) is 0 Å². The van der Waals surface area contributed by atoms with Crippen LogP contribution in [0.4, 0.5) is 0 Å². The molecule has 0 fully saturated rings. The number of benzene rings is 2. The van der Waals surface area contributed by atoms with Crippen molar-refractivity contribution in [2.45, 2.75) is 6.92 Å². The van der Waals surface area contributed by atoms with Crippen molar-refractivity contribution >= 4 is 46.9 Å². The van der Waals surface area contributed by atoms with E-state index in [4.69, 9.17) is 44.3 Å². The van der Waals surface area contributed by atoms with Gasteiger partial charge in [0.05, 0.1) is 28.4 Å². The fraction of sp³-hybridized carbons (Fsp3) is 0.176. The van der Waals surface area contributed by atoms with Gasteiger partial charge in [-0.1, -0.05) is 40.9 Å². The Bertz CT molecular complexity index is 828. The highest BCUT2D eigenvalue weighted by Crippen LogP contribution is 2.39. The first-order chi connectivity index (χ1) is 12.4. The molecule has 0 aromatic heterocycles. The summed E-state index contributed by atoms with van der Waals surface area (Å²) in [4.78, 5) is 11.8. The van der Waals surface area contributed by atoms with Crippen molar-refractivity contribution in [3.05, 3.63) is 51.0 Å². The van der Waals surface area contributed by atoms with Gasteiger partial charge in [-0.05, 0) is 25.1 Å². The molecule has 138 valence electrons. The quantitative estimate of drug-likeness (QED) is 0.520. The first-order valence-electron chi connectivity index (χ1n) is 7.46. The summed E-state index contributed by atoms with van der Waals surface area (Å²) < 4.78 is 10.5. The average molecular weight is 418 g/mol. The molecule has 9 heteroatoms. The number of ether oxygens (including phenoxy) is 2. The zero-order chi connectivity index (χ0) is 19.1. The number of carbonyl (C=O) groups is 1. The summed E-state index contributed by atoms with van der Waals surface area (Å²) >= 11 is 17.9. The monoisotopic (exact) mass is 416 g/mol. The van der Waals surface area contributed by atoms with Gasteiger partial charge in [-0.15, -0.1) is 0 Å². The Morgan fingerprint density at radius 3 is 2.73 bits per heavy atom. The lowest BCUT2D eigenvalue weighted by Crippen LogP contribution is -2.24. The molecule has 1 amide bonds. The molecule has 2 N–H and O–H groups in total. The number of amides is 1. The molecule has 0 bridgehead atoms. The van der Waals surface area contributed by atoms with Crippen molar-refractivity contribution in [2.24, 2.45) is 5.10 Å². The van der Waals surface area contributed by atoms with Crippen LogP contribution < -0.4 is 14.9 Å². The number of carbonyl (C=O) groups excluding carboxylic acids is 1. The number of hydrogen-bond acceptors (Lipinski definition) is 5. The minimum absolute atomic E-state index is 0.0841. The summed E-state index contributed by atoms with van der Waals surface area (Å²) in [6.07, 6.45) is 1.17. The van der Waals surface area contributed by atoms with Gasteiger partial charge in [0.25, 0.3) is 5.91 Å². The largest absolute Gasteiger partial charge is 0.504 e. The molecule has 2 aromatic rings. The first kappa shape index (κ1) is 20.2. The molecule has 0 saturated heterocycles. The molecular formula is C17H15Cl3N2O4. The second-order valence-electron chi connectivity index (χ2n) is 4.91. The molecule has 0 unspecified atom stereocenters. The van der Waals surface area contributed by atoms with Gasteiger partial charge in [0.2, 0.25) is 0 Å². The number of nitrogens with one attached hydrogen (secondary N) is 1. The van der Waals surface area contributed by atoms with Crippen LogP contribution in [0.1, 0.15) is 12.5 Å². The van der Waals surface area contributed by atoms with Crippen LogP contribution in [0.15, 0.2) is 35.4 Å². The number of rotatable bonds is 7. The van der Waals surface area contributed by atoms with Crippen LogP contribution >= 0.6 is 34.8 Å². The van der Waals surface area contributed by atoms with Crippen LogP contribution in [0.2, 0.25) is 15.1 Å². The summed E-state index contributed by atoms with van der Waals surface area (Å²) in [6, 6.07) is 8.04. The Morgan fingerprint density at radius 2 is 2.04 bits per heavy atom. The van der Waals surface area contributed by atoms with Crippen LogP contribution in [0.3, 0.4) is 0 Å². The van der Waals surface area contributed by atoms with Gasteiger partial charge in [0, 0.05) is 11.1 Å². The molecule has 0 radical (unpaired) electrons. The smallest absolute Gasteiger partial charge is 0.277 e. The molecule has 2 rings (SSSR count). The maximum Gasteiger partial charge on any atom is 0.277 e. The third-order valence-corrected chi connectivity index (χ3v) is 4.08. The minimum atomic E-state index is -0.510. The minimum Gasteiger partial charge on any atom is -0.504 e. The summed E-state index contributed by atoms with van der Waals surface area (Å²) in [7, 11) is 0. The van der Waals surface area contributed by atoms with E-state index in [-0.39, 0.29) is 33.7 Å². The predicted octanol–water partition coefficient (Wildman–Crippen LogP) is 4.28. The molecule has 0 spiro atoms. The molecule has 6 nitrogen and oxygen atoms in total. The van der Waals surface area contributed by atoms with Crippen LogP contribution in [0.25, 0.3) is 0 Å². The van der Waals surface area contributed by atoms with Gasteiger partial charge in [-0.2, -0.15) is 5.10 Å². The van der Waals surface area contributed by atoms with E-state index in [1.54, 1.807) is 31.2 Å². The van der Waals surface area contributed by atoms with E-state index < -0.39 is 5.91 Å². The van der Waals surface area contributed by atoms with Crippen molar-refractivity contribution in [3.8, 4) is 17.2 Å². The Hall–Kier alpha value is -2.15. The van der Waals surface area contributed by atoms with E-state index in [0.29, 0.717) is 17.4 Å². The topological polar surface area (TPSA) is 80.2 Å². The van der Waals surface area contributed by atoms with E-state index in [9.17, 15) is 9.90 Å². The fourth-order valence-electron chi connectivity index (χ4n) is 1.90. The first-order valence-corrected chi connectivity index (χ1v) is 8.59. The second kappa shape index (κ2) is 9.52. The molecule has 26 heavy (non-hydrogen) atoms. The number of halogens is 3. The van der Waals surface area contributed by atoms with Gasteiger partial charge in [-0.3, -0.25) is 4.79 Å².